The van der Waals surface area contributed by atoms with E-state index in [4.69, 9.17) is 11.6 Å². The van der Waals surface area contributed by atoms with Gasteiger partial charge in [-0.2, -0.15) is 0 Å². The van der Waals surface area contributed by atoms with Gasteiger partial charge in [0.25, 0.3) is 0 Å². The van der Waals surface area contributed by atoms with Gasteiger partial charge in [-0.15, -0.1) is 0 Å². The molecule has 0 bridgehead atoms. The monoisotopic (exact) mass is 400 g/mol. The highest BCUT2D eigenvalue weighted by molar-refractivity contribution is 6.30. The topological polar surface area (TPSA) is 81.8 Å². The highest BCUT2D eigenvalue weighted by atomic mass is 35.5. The Morgan fingerprint density at radius 3 is 2.39 bits per heavy atom. The van der Waals surface area contributed by atoms with Crippen molar-refractivity contribution < 1.29 is 14.4 Å². The molecular weight excluding hydrogens is 380 g/mol. The van der Waals surface area contributed by atoms with Crippen LogP contribution in [0.5, 0.6) is 0 Å². The summed E-state index contributed by atoms with van der Waals surface area (Å²) in [4.78, 5) is 39.6. The quantitative estimate of drug-likeness (QED) is 0.808. The molecule has 0 unspecified atom stereocenters. The molecule has 1 fully saturated rings. The molecule has 2 aromatic carbocycles. The predicted molar refractivity (Wildman–Crippen MR) is 107 cm³/mol. The van der Waals surface area contributed by atoms with E-state index in [2.05, 4.69) is 10.6 Å². The van der Waals surface area contributed by atoms with Gasteiger partial charge in [-0.05, 0) is 29.8 Å². The van der Waals surface area contributed by atoms with Crippen LogP contribution in [0.1, 0.15) is 5.56 Å². The summed E-state index contributed by atoms with van der Waals surface area (Å²) in [6.07, 6.45) is 0. The van der Waals surface area contributed by atoms with E-state index < -0.39 is 0 Å². The fraction of sp³-hybridized carbons (Fsp3) is 0.250. The first-order chi connectivity index (χ1) is 13.5. The average molecular weight is 401 g/mol. The molecule has 1 saturated heterocycles. The molecule has 1 heterocycles. The van der Waals surface area contributed by atoms with Crippen LogP contribution in [-0.4, -0.2) is 53.8 Å². The van der Waals surface area contributed by atoms with Crippen molar-refractivity contribution in [2.24, 2.45) is 0 Å². The lowest BCUT2D eigenvalue weighted by molar-refractivity contribution is -0.139. The van der Waals surface area contributed by atoms with E-state index in [0.29, 0.717) is 30.3 Å². The third-order valence-corrected chi connectivity index (χ3v) is 4.62. The molecule has 8 heteroatoms. The van der Waals surface area contributed by atoms with Crippen LogP contribution in [0.3, 0.4) is 0 Å². The van der Waals surface area contributed by atoms with Gasteiger partial charge in [0.05, 0.1) is 6.54 Å². The van der Waals surface area contributed by atoms with Gasteiger partial charge in [-0.25, -0.2) is 4.79 Å². The van der Waals surface area contributed by atoms with Crippen molar-refractivity contribution in [1.29, 1.82) is 0 Å². The number of nitrogens with one attached hydrogen (secondary N) is 2. The molecule has 146 valence electrons. The second-order valence-electron chi connectivity index (χ2n) is 6.44. The van der Waals surface area contributed by atoms with Crippen LogP contribution in [0.25, 0.3) is 0 Å². The Labute approximate surface area is 168 Å². The Morgan fingerprint density at radius 2 is 1.71 bits per heavy atom. The molecule has 0 aliphatic carbocycles. The lowest BCUT2D eigenvalue weighted by Gasteiger charge is -2.33. The van der Waals surface area contributed by atoms with Crippen LogP contribution < -0.4 is 10.6 Å². The van der Waals surface area contributed by atoms with Gasteiger partial charge in [0.1, 0.15) is 6.54 Å². The first-order valence-electron chi connectivity index (χ1n) is 8.91. The Morgan fingerprint density at radius 1 is 1.00 bits per heavy atom. The summed E-state index contributed by atoms with van der Waals surface area (Å²) in [6, 6.07) is 15.9. The zero-order valence-corrected chi connectivity index (χ0v) is 16.0. The fourth-order valence-corrected chi connectivity index (χ4v) is 2.94. The minimum absolute atomic E-state index is 0.0156. The number of carbonyl (C=O) groups is 3. The third-order valence-electron chi connectivity index (χ3n) is 4.37. The lowest BCUT2D eigenvalue weighted by Crippen LogP contribution is -2.55. The number of carbonyl (C=O) groups excluding carboxylic acids is 3. The Hall–Kier alpha value is -3.06. The number of nitrogens with zero attached hydrogens (tertiary/aromatic N) is 2. The van der Waals surface area contributed by atoms with E-state index in [9.17, 15) is 14.4 Å². The van der Waals surface area contributed by atoms with Gasteiger partial charge in [0.2, 0.25) is 11.8 Å². The first kappa shape index (κ1) is 19.7. The van der Waals surface area contributed by atoms with Gasteiger partial charge < -0.3 is 20.4 Å². The van der Waals surface area contributed by atoms with Crippen molar-refractivity contribution in [2.75, 3.05) is 31.5 Å². The number of halogens is 1. The van der Waals surface area contributed by atoms with Crippen molar-refractivity contribution in [3.8, 4) is 0 Å². The Balaban J connectivity index is 1.45. The van der Waals surface area contributed by atoms with E-state index in [1.54, 1.807) is 24.3 Å². The number of benzene rings is 2. The molecule has 2 N–H and O–H groups in total. The molecule has 0 aromatic heterocycles. The lowest BCUT2D eigenvalue weighted by atomic mass is 10.2. The summed E-state index contributed by atoms with van der Waals surface area (Å²) in [5.74, 6) is -0.483. The molecule has 1 aliphatic heterocycles. The number of anilines is 1. The van der Waals surface area contributed by atoms with Crippen LogP contribution in [-0.2, 0) is 16.1 Å². The summed E-state index contributed by atoms with van der Waals surface area (Å²) in [5.41, 5.74) is 1.59. The normalized spacial score (nSPS) is 14.0. The number of amides is 4. The molecule has 0 radical (unpaired) electrons. The van der Waals surface area contributed by atoms with Crippen LogP contribution in [0, 0.1) is 0 Å². The van der Waals surface area contributed by atoms with Gasteiger partial charge >= 0.3 is 6.03 Å². The summed E-state index contributed by atoms with van der Waals surface area (Å²) < 4.78 is 0. The molecule has 7 nitrogen and oxygen atoms in total. The highest BCUT2D eigenvalue weighted by Crippen LogP contribution is 2.14. The highest BCUT2D eigenvalue weighted by Gasteiger charge is 2.28. The number of hydrogen-bond acceptors (Lipinski definition) is 3. The van der Waals surface area contributed by atoms with Crippen LogP contribution in [0.4, 0.5) is 10.5 Å². The van der Waals surface area contributed by atoms with E-state index in [1.165, 1.54) is 9.80 Å². The van der Waals surface area contributed by atoms with E-state index in [1.807, 2.05) is 30.3 Å². The second-order valence-corrected chi connectivity index (χ2v) is 6.87. The van der Waals surface area contributed by atoms with E-state index >= 15 is 0 Å². The number of rotatable bonds is 5. The molecule has 28 heavy (non-hydrogen) atoms. The van der Waals surface area contributed by atoms with Crippen LogP contribution in [0.15, 0.2) is 54.6 Å². The summed E-state index contributed by atoms with van der Waals surface area (Å²) in [7, 11) is 0. The predicted octanol–water partition coefficient (Wildman–Crippen LogP) is 2.33. The third kappa shape index (κ3) is 5.47. The largest absolute Gasteiger partial charge is 0.350 e. The summed E-state index contributed by atoms with van der Waals surface area (Å²) in [6.45, 7) is 1.00. The molecule has 2 aromatic rings. The van der Waals surface area contributed by atoms with Crippen molar-refractivity contribution in [1.82, 2.24) is 15.1 Å². The van der Waals surface area contributed by atoms with E-state index in [0.717, 1.165) is 5.56 Å². The molecule has 3 rings (SSSR count). The van der Waals surface area contributed by atoms with Gasteiger partial charge in [-0.1, -0.05) is 41.9 Å². The Kier molecular flexibility index (Phi) is 6.49. The van der Waals surface area contributed by atoms with Crippen molar-refractivity contribution in [3.05, 3.63) is 65.2 Å². The van der Waals surface area contributed by atoms with Gasteiger partial charge in [0, 0.05) is 30.3 Å². The smallest absolute Gasteiger partial charge is 0.322 e. The number of piperazine rings is 1. The molecule has 0 spiro atoms. The SMILES string of the molecule is O=C(CN1CCN(C(=O)Nc2ccc(Cl)cc2)CC1=O)NCc1ccccc1. The molecular formula is C20H21ClN4O3. The number of urea groups is 1. The average Bonchev–Trinajstić information content (AvgIpc) is 2.70. The molecule has 1 aliphatic rings. The Bertz CT molecular complexity index is 842. The zero-order valence-electron chi connectivity index (χ0n) is 15.2. The van der Waals surface area contributed by atoms with Gasteiger partial charge in [0.15, 0.2) is 0 Å². The molecule has 0 saturated carbocycles. The summed E-state index contributed by atoms with van der Waals surface area (Å²) in [5, 5.41) is 6.11. The minimum Gasteiger partial charge on any atom is -0.350 e. The van der Waals surface area contributed by atoms with Gasteiger partial charge in [-0.3, -0.25) is 9.59 Å². The standard InChI is InChI=1S/C20H21ClN4O3/c21-16-6-8-17(9-7-16)23-20(28)25-11-10-24(19(27)14-25)13-18(26)22-12-15-4-2-1-3-5-15/h1-9H,10-14H2,(H,22,26)(H,23,28). The second kappa shape index (κ2) is 9.23. The number of hydrogen-bond donors (Lipinski definition) is 2. The van der Waals surface area contributed by atoms with Crippen LogP contribution >= 0.6 is 11.6 Å². The molecule has 4 amide bonds. The summed E-state index contributed by atoms with van der Waals surface area (Å²) >= 11 is 5.82. The van der Waals surface area contributed by atoms with Crippen LogP contribution in [0.2, 0.25) is 5.02 Å². The van der Waals surface area contributed by atoms with Crippen molar-refractivity contribution in [3.63, 3.8) is 0 Å². The minimum atomic E-state index is -0.358. The first-order valence-corrected chi connectivity index (χ1v) is 9.29. The maximum atomic E-state index is 12.3. The van der Waals surface area contributed by atoms with E-state index in [-0.39, 0.29) is 30.9 Å². The maximum absolute atomic E-state index is 12.3. The maximum Gasteiger partial charge on any atom is 0.322 e. The molecule has 0 atom stereocenters. The van der Waals surface area contributed by atoms with Crippen molar-refractivity contribution in [2.45, 2.75) is 6.54 Å². The fourth-order valence-electron chi connectivity index (χ4n) is 2.81. The van der Waals surface area contributed by atoms with Crippen molar-refractivity contribution >= 4 is 35.1 Å². The zero-order chi connectivity index (χ0) is 19.9.